The second-order valence-corrected chi connectivity index (χ2v) is 14.5. The molecule has 1 N–H and O–H groups in total. The van der Waals surface area contributed by atoms with Crippen LogP contribution in [0, 0.1) is 46.3 Å². The highest BCUT2D eigenvalue weighted by Crippen LogP contribution is 2.67. The van der Waals surface area contributed by atoms with Crippen molar-refractivity contribution in [1.29, 1.82) is 0 Å². The summed E-state index contributed by atoms with van der Waals surface area (Å²) >= 11 is 0. The number of benzene rings is 1. The first-order valence-corrected chi connectivity index (χ1v) is 16.0. The van der Waals surface area contributed by atoms with Crippen LogP contribution < -0.4 is 0 Å². The van der Waals surface area contributed by atoms with Crippen LogP contribution in [-0.4, -0.2) is 17.2 Å². The molecule has 4 aliphatic rings. The molecule has 0 saturated heterocycles. The molecule has 0 aromatic heterocycles. The minimum absolute atomic E-state index is 0.0428. The Morgan fingerprint density at radius 3 is 2.62 bits per heavy atom. The van der Waals surface area contributed by atoms with Crippen LogP contribution in [-0.2, 0) is 9.53 Å². The number of ether oxygens (including phenoxy) is 1. The maximum atomic E-state index is 12.6. The van der Waals surface area contributed by atoms with Crippen molar-refractivity contribution in [3.8, 4) is 5.75 Å². The van der Waals surface area contributed by atoms with Gasteiger partial charge in [-0.25, -0.2) is 4.79 Å². The normalized spacial score (nSPS) is 36.7. The van der Waals surface area contributed by atoms with Gasteiger partial charge in [0.05, 0.1) is 0 Å². The van der Waals surface area contributed by atoms with Crippen LogP contribution >= 0.6 is 0 Å². The minimum atomic E-state index is -0.311. The van der Waals surface area contributed by atoms with Crippen LogP contribution in [0.1, 0.15) is 111 Å². The summed E-state index contributed by atoms with van der Waals surface area (Å²) in [6.07, 6.45) is 19.6. The lowest BCUT2D eigenvalue weighted by atomic mass is 9.47. The van der Waals surface area contributed by atoms with Gasteiger partial charge in [0.2, 0.25) is 0 Å². The first-order valence-electron chi connectivity index (χ1n) is 16.0. The van der Waals surface area contributed by atoms with E-state index in [2.05, 4.69) is 40.7 Å². The van der Waals surface area contributed by atoms with E-state index >= 15 is 0 Å². The molecular weight excluding hydrogens is 480 g/mol. The molecule has 5 rings (SSSR count). The largest absolute Gasteiger partial charge is 0.507 e. The van der Waals surface area contributed by atoms with Gasteiger partial charge in [-0.2, -0.15) is 0 Å². The van der Waals surface area contributed by atoms with Gasteiger partial charge in [0.15, 0.2) is 0 Å². The van der Waals surface area contributed by atoms with Crippen molar-refractivity contribution in [1.82, 2.24) is 0 Å². The number of hydrogen-bond acceptors (Lipinski definition) is 3. The van der Waals surface area contributed by atoms with E-state index in [9.17, 15) is 9.90 Å². The predicted molar refractivity (Wildman–Crippen MR) is 160 cm³/mol. The number of allylic oxidation sites excluding steroid dienone is 1. The molecule has 1 aromatic rings. The third kappa shape index (κ3) is 5.62. The predicted octanol–water partition coefficient (Wildman–Crippen LogP) is 9.36. The molecule has 8 atom stereocenters. The number of para-hydroxylation sites is 1. The second-order valence-electron chi connectivity index (χ2n) is 14.5. The maximum Gasteiger partial charge on any atom is 0.331 e. The first kappa shape index (κ1) is 28.5. The summed E-state index contributed by atoms with van der Waals surface area (Å²) in [6, 6.07) is 7.05. The van der Waals surface area contributed by atoms with Gasteiger partial charge in [-0.15, -0.1) is 0 Å². The van der Waals surface area contributed by atoms with Crippen LogP contribution in [0.3, 0.4) is 0 Å². The number of phenolic OH excluding ortho intramolecular Hbond substituents is 1. The number of fused-ring (bicyclic) bond motifs is 5. The van der Waals surface area contributed by atoms with Crippen molar-refractivity contribution in [2.24, 2.45) is 46.3 Å². The van der Waals surface area contributed by atoms with E-state index in [-0.39, 0.29) is 23.2 Å². The molecule has 214 valence electrons. The summed E-state index contributed by atoms with van der Waals surface area (Å²) in [5, 5.41) is 9.95. The molecule has 3 heteroatoms. The van der Waals surface area contributed by atoms with E-state index in [1.165, 1.54) is 57.4 Å². The molecule has 0 amide bonds. The van der Waals surface area contributed by atoms with Gasteiger partial charge < -0.3 is 9.84 Å². The molecule has 0 unspecified atom stereocenters. The number of phenols is 1. The van der Waals surface area contributed by atoms with Crippen LogP contribution in [0.5, 0.6) is 5.75 Å². The number of hydrogen-bond donors (Lipinski definition) is 1. The minimum Gasteiger partial charge on any atom is -0.507 e. The lowest BCUT2D eigenvalue weighted by Gasteiger charge is -2.58. The van der Waals surface area contributed by atoms with Gasteiger partial charge in [-0.1, -0.05) is 83.7 Å². The van der Waals surface area contributed by atoms with Crippen molar-refractivity contribution in [3.05, 3.63) is 47.6 Å². The Kier molecular flexibility index (Phi) is 8.37. The van der Waals surface area contributed by atoms with E-state index in [1.54, 1.807) is 29.8 Å². The molecule has 0 spiro atoms. The fourth-order valence-electron chi connectivity index (χ4n) is 9.74. The van der Waals surface area contributed by atoms with Crippen LogP contribution in [0.15, 0.2) is 42.0 Å². The van der Waals surface area contributed by atoms with Gasteiger partial charge in [0, 0.05) is 18.1 Å². The van der Waals surface area contributed by atoms with Crippen LogP contribution in [0.25, 0.3) is 6.08 Å². The Balaban J connectivity index is 1.22. The molecule has 0 heterocycles. The average molecular weight is 533 g/mol. The van der Waals surface area contributed by atoms with E-state index in [0.717, 1.165) is 54.8 Å². The fourth-order valence-corrected chi connectivity index (χ4v) is 9.74. The number of carbonyl (C=O) groups is 1. The van der Waals surface area contributed by atoms with Crippen molar-refractivity contribution in [3.63, 3.8) is 0 Å². The van der Waals surface area contributed by atoms with E-state index in [1.807, 2.05) is 6.07 Å². The fraction of sp³-hybridized carbons (Fsp3) is 0.694. The Morgan fingerprint density at radius 1 is 1.05 bits per heavy atom. The Labute approximate surface area is 237 Å². The summed E-state index contributed by atoms with van der Waals surface area (Å²) in [5.41, 5.74) is 2.97. The van der Waals surface area contributed by atoms with Crippen LogP contribution in [0.2, 0.25) is 0 Å². The van der Waals surface area contributed by atoms with Crippen molar-refractivity contribution < 1.29 is 14.6 Å². The molecule has 0 bridgehead atoms. The van der Waals surface area contributed by atoms with Gasteiger partial charge in [0.1, 0.15) is 11.9 Å². The summed E-state index contributed by atoms with van der Waals surface area (Å²) in [6.45, 7) is 12.5. The molecule has 4 aliphatic carbocycles. The van der Waals surface area contributed by atoms with Gasteiger partial charge in [0.25, 0.3) is 0 Å². The number of esters is 1. The quantitative estimate of drug-likeness (QED) is 0.206. The molecule has 3 fully saturated rings. The van der Waals surface area contributed by atoms with Crippen molar-refractivity contribution >= 4 is 12.0 Å². The lowest BCUT2D eigenvalue weighted by molar-refractivity contribution is -0.145. The number of rotatable bonds is 8. The van der Waals surface area contributed by atoms with Crippen LogP contribution in [0.4, 0.5) is 0 Å². The smallest absolute Gasteiger partial charge is 0.331 e. The lowest BCUT2D eigenvalue weighted by Crippen LogP contribution is -2.51. The second kappa shape index (κ2) is 11.5. The SMILES string of the molecule is CC(C)CCC[C@H](C)[C@@H]1CC[C@H]2[C@H]3CC=C4C[C@@H](OC(=O)/C=C/c5ccccc5O)CC[C@]4(C)[C@@H]3CC[C@@]21C. The molecule has 0 aliphatic heterocycles. The van der Waals surface area contributed by atoms with Gasteiger partial charge in [-0.05, 0) is 103 Å². The molecule has 0 radical (unpaired) electrons. The monoisotopic (exact) mass is 532 g/mol. The molecule has 3 saturated carbocycles. The summed E-state index contributed by atoms with van der Waals surface area (Å²) in [4.78, 5) is 12.6. The first-order chi connectivity index (χ1) is 18.6. The van der Waals surface area contributed by atoms with Crippen molar-refractivity contribution in [2.45, 2.75) is 111 Å². The summed E-state index contributed by atoms with van der Waals surface area (Å²) < 4.78 is 5.91. The van der Waals surface area contributed by atoms with Crippen molar-refractivity contribution in [2.75, 3.05) is 0 Å². The Morgan fingerprint density at radius 2 is 1.85 bits per heavy atom. The van der Waals surface area contributed by atoms with E-state index in [4.69, 9.17) is 4.74 Å². The zero-order valence-electron chi connectivity index (χ0n) is 25.1. The third-order valence-corrected chi connectivity index (χ3v) is 11.9. The van der Waals surface area contributed by atoms with E-state index < -0.39 is 0 Å². The zero-order valence-corrected chi connectivity index (χ0v) is 25.1. The van der Waals surface area contributed by atoms with Gasteiger partial charge in [-0.3, -0.25) is 0 Å². The average Bonchev–Trinajstić information content (AvgIpc) is 3.25. The Hall–Kier alpha value is -2.03. The van der Waals surface area contributed by atoms with Gasteiger partial charge >= 0.3 is 5.97 Å². The molecule has 3 nitrogen and oxygen atoms in total. The number of aromatic hydroxyl groups is 1. The molecule has 39 heavy (non-hydrogen) atoms. The third-order valence-electron chi connectivity index (χ3n) is 11.9. The highest BCUT2D eigenvalue weighted by atomic mass is 16.5. The highest BCUT2D eigenvalue weighted by Gasteiger charge is 2.59. The molecular formula is C36H52O3. The zero-order chi connectivity index (χ0) is 27.8. The molecule has 1 aromatic carbocycles. The summed E-state index contributed by atoms with van der Waals surface area (Å²) in [5.74, 6) is 4.92. The topological polar surface area (TPSA) is 46.5 Å². The Bertz CT molecular complexity index is 1080. The summed E-state index contributed by atoms with van der Waals surface area (Å²) in [7, 11) is 0. The standard InChI is InChI=1S/C36H52O3/c1-24(2)9-8-10-25(3)30-16-17-31-29-15-14-27-23-28(19-21-35(27,4)32(29)20-22-36(30,31)5)39-34(38)18-13-26-11-6-7-12-33(26)37/h6-7,11-14,18,24-25,28-32,37H,8-10,15-17,19-23H2,1-5H3/b18-13+/t25-,28-,29+,30-,31-,32+,35-,36+/m0/s1. The maximum absolute atomic E-state index is 12.6. The van der Waals surface area contributed by atoms with E-state index in [0.29, 0.717) is 11.0 Å². The highest BCUT2D eigenvalue weighted by molar-refractivity contribution is 5.87. The number of carbonyl (C=O) groups excluding carboxylic acids is 1.